The molecule has 2 fully saturated rings. The van der Waals surface area contributed by atoms with Crippen LogP contribution in [0, 0.1) is 5.92 Å². The van der Waals surface area contributed by atoms with Crippen LogP contribution in [0.2, 0.25) is 0 Å². The number of carbonyl (C=O) groups is 3. The number of carbonyl (C=O) groups excluding carboxylic acids is 3. The summed E-state index contributed by atoms with van der Waals surface area (Å²) in [5, 5.41) is 4.81. The molecule has 0 spiro atoms. The number of likely N-dealkylation sites (tertiary alicyclic amines) is 2. The molecule has 4 atom stereocenters. The highest BCUT2D eigenvalue weighted by molar-refractivity contribution is 6.04. The van der Waals surface area contributed by atoms with Crippen molar-refractivity contribution >= 4 is 40.0 Å². The first-order valence-electron chi connectivity index (χ1n) is 21.4. The predicted octanol–water partition coefficient (Wildman–Crippen LogP) is 8.31. The molecule has 0 aliphatic carbocycles. The molecule has 2 saturated heterocycles. The van der Waals surface area contributed by atoms with Gasteiger partial charge in [0.25, 0.3) is 0 Å². The zero-order valence-electron chi connectivity index (χ0n) is 35.5. The minimum atomic E-state index is -0.687. The minimum absolute atomic E-state index is 0.00135. The molecule has 0 radical (unpaired) electrons. The zero-order valence-corrected chi connectivity index (χ0v) is 35.5. The number of benzene rings is 4. The molecule has 9 rings (SSSR count). The van der Waals surface area contributed by atoms with E-state index in [4.69, 9.17) is 19.5 Å². The van der Waals surface area contributed by atoms with Gasteiger partial charge in [-0.15, -0.1) is 0 Å². The van der Waals surface area contributed by atoms with Crippen molar-refractivity contribution < 1.29 is 23.9 Å². The van der Waals surface area contributed by atoms with Gasteiger partial charge in [0.05, 0.1) is 31.1 Å². The van der Waals surface area contributed by atoms with Crippen LogP contribution in [0.15, 0.2) is 96.3 Å². The van der Waals surface area contributed by atoms with Crippen LogP contribution >= 0.6 is 0 Å². The molecule has 314 valence electrons. The average molecular weight is 820 g/mol. The van der Waals surface area contributed by atoms with Gasteiger partial charge in [-0.3, -0.25) is 19.5 Å². The number of ether oxygens (including phenoxy) is 2. The van der Waals surface area contributed by atoms with Gasteiger partial charge in [-0.05, 0) is 97.1 Å². The Bertz CT molecular complexity index is 2560. The molecule has 12 nitrogen and oxygen atoms in total. The lowest BCUT2D eigenvalue weighted by molar-refractivity contribution is -0.136. The van der Waals surface area contributed by atoms with Gasteiger partial charge in [-0.1, -0.05) is 74.5 Å². The number of amides is 3. The number of rotatable bonds is 10. The number of aliphatic imine (C=N–C) groups is 1. The lowest BCUT2D eigenvalue weighted by Crippen LogP contribution is -2.51. The van der Waals surface area contributed by atoms with E-state index >= 15 is 0 Å². The van der Waals surface area contributed by atoms with Gasteiger partial charge in [0.2, 0.25) is 11.8 Å². The molecule has 3 amide bonds. The van der Waals surface area contributed by atoms with Crippen LogP contribution in [0.5, 0.6) is 5.75 Å². The number of aromatic nitrogens is 2. The number of hydrogen-bond donors (Lipinski definition) is 2. The number of alkyl carbamates (subject to hydrolysis) is 1. The van der Waals surface area contributed by atoms with Crippen molar-refractivity contribution in [3.8, 4) is 28.1 Å². The van der Waals surface area contributed by atoms with Gasteiger partial charge >= 0.3 is 6.09 Å². The summed E-state index contributed by atoms with van der Waals surface area (Å²) in [6.07, 6.45) is 7.45. The Kier molecular flexibility index (Phi) is 11.0. The molecular formula is C49H53N7O5. The van der Waals surface area contributed by atoms with E-state index in [0.29, 0.717) is 13.2 Å². The number of hydrogen-bond acceptors (Lipinski definition) is 8. The summed E-state index contributed by atoms with van der Waals surface area (Å²) < 4.78 is 11.3. The third-order valence-electron chi connectivity index (χ3n) is 12.8. The summed E-state index contributed by atoms with van der Waals surface area (Å²) in [6, 6.07) is 26.1. The number of imidazole rings is 1. The van der Waals surface area contributed by atoms with Crippen molar-refractivity contribution in [2.24, 2.45) is 10.9 Å². The number of nitrogens with one attached hydrogen (secondary N) is 2. The highest BCUT2D eigenvalue weighted by Crippen LogP contribution is 2.44. The fourth-order valence-corrected chi connectivity index (χ4v) is 9.67. The SMILES string of the molecule is COC(=O)N[C@H](C(=O)N1CCC[C@H]1c1ncc(-c2ccc3c4c(ccc3c2)-c2ccc(C3=CN=C([C@@H]5CCCN5C(=O)C(c5ccccc5)N(C)C)C3)cc2CO4)[nH]1)C(C)C. The van der Waals surface area contributed by atoms with E-state index < -0.39 is 12.1 Å². The second-order valence-electron chi connectivity index (χ2n) is 17.2. The zero-order chi connectivity index (χ0) is 42.4. The van der Waals surface area contributed by atoms with Crippen LogP contribution in [0.1, 0.15) is 80.6 Å². The van der Waals surface area contributed by atoms with E-state index in [-0.39, 0.29) is 35.9 Å². The first-order valence-corrected chi connectivity index (χ1v) is 21.4. The second-order valence-corrected chi connectivity index (χ2v) is 17.2. The Balaban J connectivity index is 0.890. The van der Waals surface area contributed by atoms with E-state index in [9.17, 15) is 14.4 Å². The Morgan fingerprint density at radius 1 is 0.885 bits per heavy atom. The number of aromatic amines is 1. The number of fused-ring (bicyclic) bond motifs is 5. The predicted molar refractivity (Wildman–Crippen MR) is 237 cm³/mol. The largest absolute Gasteiger partial charge is 0.488 e. The van der Waals surface area contributed by atoms with E-state index in [0.717, 1.165) is 111 Å². The van der Waals surface area contributed by atoms with E-state index in [1.165, 1.54) is 7.11 Å². The highest BCUT2D eigenvalue weighted by atomic mass is 16.5. The average Bonchev–Trinajstić information content (AvgIpc) is 4.12. The van der Waals surface area contributed by atoms with Crippen molar-refractivity contribution in [2.45, 2.75) is 76.7 Å². The van der Waals surface area contributed by atoms with Crippen LogP contribution in [0.4, 0.5) is 4.79 Å². The fourth-order valence-electron chi connectivity index (χ4n) is 9.67. The smallest absolute Gasteiger partial charge is 0.407 e. The Morgan fingerprint density at radius 3 is 2.38 bits per heavy atom. The number of H-pyrrole nitrogens is 1. The monoisotopic (exact) mass is 819 g/mol. The molecule has 0 bridgehead atoms. The first-order chi connectivity index (χ1) is 29.6. The molecule has 1 aromatic heterocycles. The van der Waals surface area contributed by atoms with Crippen LogP contribution in [0.3, 0.4) is 0 Å². The molecule has 4 aliphatic rings. The second kappa shape index (κ2) is 16.6. The maximum absolute atomic E-state index is 14.0. The van der Waals surface area contributed by atoms with Gasteiger partial charge < -0.3 is 29.6 Å². The molecule has 0 saturated carbocycles. The number of nitrogens with zero attached hydrogens (tertiary/aromatic N) is 5. The third-order valence-corrected chi connectivity index (χ3v) is 12.8. The van der Waals surface area contributed by atoms with Crippen molar-refractivity contribution in [2.75, 3.05) is 34.3 Å². The highest BCUT2D eigenvalue weighted by Gasteiger charge is 2.39. The van der Waals surface area contributed by atoms with Crippen molar-refractivity contribution in [3.05, 3.63) is 114 Å². The summed E-state index contributed by atoms with van der Waals surface area (Å²) >= 11 is 0. The van der Waals surface area contributed by atoms with Crippen LogP contribution in [-0.2, 0) is 20.9 Å². The molecule has 5 heterocycles. The van der Waals surface area contributed by atoms with Gasteiger partial charge in [-0.2, -0.15) is 0 Å². The number of methoxy groups -OCH3 is 1. The number of allylic oxidation sites excluding steroid dienone is 1. The summed E-state index contributed by atoms with van der Waals surface area (Å²) in [7, 11) is 5.24. The van der Waals surface area contributed by atoms with E-state index in [1.54, 1.807) is 0 Å². The normalized spacial score (nSPS) is 19.3. The standard InChI is InChI=1S/C49H53N7O5/c1-29(2)43(53-49(59)60-5)47(57)56-22-10-14-42(56)46-51-27-40(52-46)33-17-19-37-32(24-33)16-20-38-36-18-15-31(23-35(36)28-61-45(37)38)34-25-39(50-26-34)41-13-9-21-55(41)48(58)44(54(3)4)30-11-7-6-8-12-30/h6-8,11-12,15-20,23-24,26-27,29,41-44H,9-10,13-14,21-22,25,28H2,1-5H3,(H,51,52)(H,53,59)/t41-,42-,43-,44?/m0/s1. The first kappa shape index (κ1) is 40.2. The molecule has 1 unspecified atom stereocenters. The third kappa shape index (κ3) is 7.58. The molecular weight excluding hydrogens is 767 g/mol. The number of likely N-dealkylation sites (N-methyl/N-ethyl adjacent to an activating group) is 1. The lowest BCUT2D eigenvalue weighted by Gasteiger charge is -2.32. The van der Waals surface area contributed by atoms with E-state index in [2.05, 4.69) is 63.7 Å². The molecule has 12 heteroatoms. The summed E-state index contributed by atoms with van der Waals surface area (Å²) in [5.41, 5.74) is 9.56. The molecule has 4 aliphatic heterocycles. The van der Waals surface area contributed by atoms with Gasteiger partial charge in [-0.25, -0.2) is 9.78 Å². The van der Waals surface area contributed by atoms with Crippen molar-refractivity contribution in [1.29, 1.82) is 0 Å². The Labute approximate surface area is 356 Å². The Morgan fingerprint density at radius 2 is 1.62 bits per heavy atom. The van der Waals surface area contributed by atoms with Gasteiger partial charge in [0, 0.05) is 47.9 Å². The van der Waals surface area contributed by atoms with Crippen LogP contribution in [0.25, 0.3) is 38.7 Å². The van der Waals surface area contributed by atoms with Crippen molar-refractivity contribution in [3.63, 3.8) is 0 Å². The maximum Gasteiger partial charge on any atom is 0.407 e. The van der Waals surface area contributed by atoms with Crippen LogP contribution < -0.4 is 10.1 Å². The molecule has 2 N–H and O–H groups in total. The minimum Gasteiger partial charge on any atom is -0.488 e. The quantitative estimate of drug-likeness (QED) is 0.145. The summed E-state index contributed by atoms with van der Waals surface area (Å²) in [6.45, 7) is 5.62. The topological polar surface area (TPSA) is 132 Å². The van der Waals surface area contributed by atoms with Crippen molar-refractivity contribution in [1.82, 2.24) is 30.0 Å². The van der Waals surface area contributed by atoms with Gasteiger partial charge in [0.1, 0.15) is 30.3 Å². The lowest BCUT2D eigenvalue weighted by atomic mass is 9.90. The molecule has 4 aromatic carbocycles. The fraction of sp³-hybridized carbons (Fsp3) is 0.367. The summed E-state index contributed by atoms with van der Waals surface area (Å²) in [4.78, 5) is 58.8. The van der Waals surface area contributed by atoms with Crippen LogP contribution in [-0.4, -0.2) is 94.7 Å². The van der Waals surface area contributed by atoms with E-state index in [1.807, 2.05) is 80.5 Å². The molecule has 61 heavy (non-hydrogen) atoms. The summed E-state index contributed by atoms with van der Waals surface area (Å²) in [5.74, 6) is 1.50. The Hall–Kier alpha value is -6.27. The molecule has 5 aromatic rings. The van der Waals surface area contributed by atoms with Gasteiger partial charge in [0.15, 0.2) is 0 Å². The maximum atomic E-state index is 14.0.